The molecule has 1 atom stereocenters. The van der Waals surface area contributed by atoms with Gasteiger partial charge in [-0.05, 0) is 50.5 Å². The molecule has 2 fully saturated rings. The molecule has 1 unspecified atom stereocenters. The molecule has 0 aromatic carbocycles. The molecular weight excluding hydrogens is 210 g/mol. The molecule has 1 heterocycles. The van der Waals surface area contributed by atoms with Gasteiger partial charge in [0.05, 0.1) is 0 Å². The fourth-order valence-electron chi connectivity index (χ4n) is 3.13. The molecule has 0 aromatic heterocycles. The smallest absolute Gasteiger partial charge is 0.0468 e. The first-order valence-corrected chi connectivity index (χ1v) is 7.69. The van der Waals surface area contributed by atoms with Gasteiger partial charge >= 0.3 is 0 Å². The minimum Gasteiger partial charge on any atom is -0.381 e. The van der Waals surface area contributed by atoms with Crippen molar-refractivity contribution in [2.45, 2.75) is 64.3 Å². The van der Waals surface area contributed by atoms with Crippen LogP contribution in [-0.4, -0.2) is 25.8 Å². The summed E-state index contributed by atoms with van der Waals surface area (Å²) in [6.07, 6.45) is 11.1. The van der Waals surface area contributed by atoms with E-state index in [1.54, 1.807) is 0 Å². The van der Waals surface area contributed by atoms with Crippen LogP contribution in [0.15, 0.2) is 0 Å². The van der Waals surface area contributed by atoms with Crippen LogP contribution in [0.2, 0.25) is 0 Å². The van der Waals surface area contributed by atoms with Crippen molar-refractivity contribution in [2.75, 3.05) is 19.8 Å². The third-order valence-corrected chi connectivity index (χ3v) is 4.48. The molecule has 0 spiro atoms. The maximum Gasteiger partial charge on any atom is 0.0468 e. The Balaban J connectivity index is 1.71. The molecule has 2 aliphatic rings. The average Bonchev–Trinajstić information content (AvgIpc) is 2.31. The van der Waals surface area contributed by atoms with Crippen LogP contribution in [-0.2, 0) is 4.74 Å². The highest BCUT2D eigenvalue weighted by molar-refractivity contribution is 4.80. The van der Waals surface area contributed by atoms with Crippen molar-refractivity contribution in [3.8, 4) is 0 Å². The van der Waals surface area contributed by atoms with Crippen molar-refractivity contribution in [2.24, 2.45) is 11.8 Å². The molecule has 100 valence electrons. The zero-order valence-corrected chi connectivity index (χ0v) is 11.4. The normalized spacial score (nSPS) is 24.5. The van der Waals surface area contributed by atoms with Gasteiger partial charge in [0.1, 0.15) is 0 Å². The molecule has 2 nitrogen and oxygen atoms in total. The Labute approximate surface area is 107 Å². The summed E-state index contributed by atoms with van der Waals surface area (Å²) < 4.78 is 5.46. The lowest BCUT2D eigenvalue weighted by Crippen LogP contribution is -2.36. The van der Waals surface area contributed by atoms with E-state index in [1.165, 1.54) is 57.9 Å². The van der Waals surface area contributed by atoms with E-state index in [4.69, 9.17) is 4.74 Å². The molecule has 1 saturated carbocycles. The van der Waals surface area contributed by atoms with Gasteiger partial charge < -0.3 is 10.1 Å². The number of nitrogens with one attached hydrogen (secondary N) is 1. The predicted molar refractivity (Wildman–Crippen MR) is 72.2 cm³/mol. The van der Waals surface area contributed by atoms with Crippen molar-refractivity contribution in [3.63, 3.8) is 0 Å². The summed E-state index contributed by atoms with van der Waals surface area (Å²) in [6, 6.07) is 0.781. The standard InChI is InChI=1S/C15H29NO/c1-2-8-16-15(11-13-4-3-5-13)12-14-6-9-17-10-7-14/h13-16H,2-12H2,1H3. The fraction of sp³-hybridized carbons (Fsp3) is 1.00. The molecule has 0 bridgehead atoms. The van der Waals surface area contributed by atoms with Gasteiger partial charge in [-0.1, -0.05) is 26.2 Å². The summed E-state index contributed by atoms with van der Waals surface area (Å²) >= 11 is 0. The zero-order valence-electron chi connectivity index (χ0n) is 11.4. The summed E-state index contributed by atoms with van der Waals surface area (Å²) in [5, 5.41) is 3.78. The molecule has 2 rings (SSSR count). The Morgan fingerprint density at radius 2 is 1.71 bits per heavy atom. The van der Waals surface area contributed by atoms with E-state index in [9.17, 15) is 0 Å². The largest absolute Gasteiger partial charge is 0.381 e. The van der Waals surface area contributed by atoms with E-state index in [1.807, 2.05) is 0 Å². The maximum absolute atomic E-state index is 5.46. The first-order valence-electron chi connectivity index (χ1n) is 7.69. The predicted octanol–water partition coefficient (Wildman–Crippen LogP) is 3.36. The highest BCUT2D eigenvalue weighted by Crippen LogP contribution is 2.32. The van der Waals surface area contributed by atoms with Crippen LogP contribution in [0, 0.1) is 11.8 Å². The third kappa shape index (κ3) is 4.59. The third-order valence-electron chi connectivity index (χ3n) is 4.48. The Morgan fingerprint density at radius 3 is 2.24 bits per heavy atom. The molecule has 1 aliphatic heterocycles. The molecule has 1 aliphatic carbocycles. The quantitative estimate of drug-likeness (QED) is 0.735. The second-order valence-corrected chi connectivity index (χ2v) is 5.98. The fourth-order valence-corrected chi connectivity index (χ4v) is 3.13. The van der Waals surface area contributed by atoms with Crippen LogP contribution in [0.25, 0.3) is 0 Å². The Hall–Kier alpha value is -0.0800. The summed E-state index contributed by atoms with van der Waals surface area (Å²) in [5.74, 6) is 1.95. The van der Waals surface area contributed by atoms with Crippen molar-refractivity contribution >= 4 is 0 Å². The lowest BCUT2D eigenvalue weighted by molar-refractivity contribution is 0.0587. The van der Waals surface area contributed by atoms with Crippen molar-refractivity contribution in [3.05, 3.63) is 0 Å². The molecule has 1 N–H and O–H groups in total. The van der Waals surface area contributed by atoms with E-state index < -0.39 is 0 Å². The lowest BCUT2D eigenvalue weighted by Gasteiger charge is -2.33. The minimum atomic E-state index is 0.781. The first kappa shape index (κ1) is 13.4. The van der Waals surface area contributed by atoms with Crippen LogP contribution in [0.4, 0.5) is 0 Å². The Kier molecular flexibility index (Phi) is 5.79. The van der Waals surface area contributed by atoms with E-state index in [0.29, 0.717) is 0 Å². The highest BCUT2D eigenvalue weighted by atomic mass is 16.5. The monoisotopic (exact) mass is 239 g/mol. The van der Waals surface area contributed by atoms with Gasteiger partial charge in [0.2, 0.25) is 0 Å². The van der Waals surface area contributed by atoms with E-state index in [0.717, 1.165) is 31.1 Å². The van der Waals surface area contributed by atoms with Gasteiger partial charge in [0, 0.05) is 19.3 Å². The Morgan fingerprint density at radius 1 is 1.06 bits per heavy atom. The number of ether oxygens (including phenoxy) is 1. The van der Waals surface area contributed by atoms with Gasteiger partial charge in [0.25, 0.3) is 0 Å². The summed E-state index contributed by atoms with van der Waals surface area (Å²) in [7, 11) is 0. The topological polar surface area (TPSA) is 21.3 Å². The minimum absolute atomic E-state index is 0.781. The van der Waals surface area contributed by atoms with E-state index in [-0.39, 0.29) is 0 Å². The molecule has 0 amide bonds. The number of rotatable bonds is 7. The highest BCUT2D eigenvalue weighted by Gasteiger charge is 2.24. The second-order valence-electron chi connectivity index (χ2n) is 5.98. The molecule has 0 aromatic rings. The number of hydrogen-bond donors (Lipinski definition) is 1. The van der Waals surface area contributed by atoms with Crippen molar-refractivity contribution in [1.29, 1.82) is 0 Å². The Bertz CT molecular complexity index is 197. The van der Waals surface area contributed by atoms with Gasteiger partial charge in [-0.25, -0.2) is 0 Å². The second kappa shape index (κ2) is 7.38. The SMILES string of the molecule is CCCNC(CC1CCC1)CC1CCOCC1. The summed E-state index contributed by atoms with van der Waals surface area (Å²) in [4.78, 5) is 0. The van der Waals surface area contributed by atoms with Gasteiger partial charge in [0.15, 0.2) is 0 Å². The van der Waals surface area contributed by atoms with Crippen molar-refractivity contribution in [1.82, 2.24) is 5.32 Å². The van der Waals surface area contributed by atoms with E-state index in [2.05, 4.69) is 12.2 Å². The number of hydrogen-bond acceptors (Lipinski definition) is 2. The van der Waals surface area contributed by atoms with Crippen LogP contribution in [0.3, 0.4) is 0 Å². The van der Waals surface area contributed by atoms with E-state index >= 15 is 0 Å². The van der Waals surface area contributed by atoms with Crippen molar-refractivity contribution < 1.29 is 4.74 Å². The molecular formula is C15H29NO. The molecule has 0 radical (unpaired) electrons. The molecule has 1 saturated heterocycles. The summed E-state index contributed by atoms with van der Waals surface area (Å²) in [6.45, 7) is 5.45. The first-order chi connectivity index (χ1) is 8.38. The van der Waals surface area contributed by atoms with Gasteiger partial charge in [-0.15, -0.1) is 0 Å². The lowest BCUT2D eigenvalue weighted by atomic mass is 9.78. The van der Waals surface area contributed by atoms with Gasteiger partial charge in [-0.3, -0.25) is 0 Å². The molecule has 17 heavy (non-hydrogen) atoms. The van der Waals surface area contributed by atoms with Crippen LogP contribution < -0.4 is 5.32 Å². The van der Waals surface area contributed by atoms with Gasteiger partial charge in [-0.2, -0.15) is 0 Å². The van der Waals surface area contributed by atoms with Crippen LogP contribution in [0.1, 0.15) is 58.3 Å². The maximum atomic E-state index is 5.46. The van der Waals surface area contributed by atoms with Crippen LogP contribution in [0.5, 0.6) is 0 Å². The zero-order chi connectivity index (χ0) is 11.9. The average molecular weight is 239 g/mol. The van der Waals surface area contributed by atoms with Crippen LogP contribution >= 0.6 is 0 Å². The molecule has 2 heteroatoms. The summed E-state index contributed by atoms with van der Waals surface area (Å²) in [5.41, 5.74) is 0.